The van der Waals surface area contributed by atoms with Crippen LogP contribution in [0, 0.1) is 12.3 Å². The van der Waals surface area contributed by atoms with Gasteiger partial charge in [-0.25, -0.2) is 0 Å². The second kappa shape index (κ2) is 10.2. The maximum atomic E-state index is 14.5. The number of H-pyrrole nitrogens is 1. The van der Waals surface area contributed by atoms with Crippen molar-refractivity contribution in [3.8, 4) is 11.1 Å². The molecule has 0 saturated heterocycles. The van der Waals surface area contributed by atoms with E-state index in [9.17, 15) is 4.79 Å². The van der Waals surface area contributed by atoms with E-state index in [1.165, 1.54) is 11.1 Å². The van der Waals surface area contributed by atoms with Crippen molar-refractivity contribution in [3.63, 3.8) is 0 Å². The number of carbonyl (C=O) groups is 1. The quantitative estimate of drug-likeness (QED) is 0.194. The third-order valence-corrected chi connectivity index (χ3v) is 10.3. The van der Waals surface area contributed by atoms with Gasteiger partial charge in [0.25, 0.3) is 5.91 Å². The summed E-state index contributed by atoms with van der Waals surface area (Å²) in [6, 6.07) is 32.0. The zero-order chi connectivity index (χ0) is 32.0. The molecule has 6 aromatic rings. The first-order chi connectivity index (χ1) is 22.8. The van der Waals surface area contributed by atoms with Gasteiger partial charge in [-0.2, -0.15) is 0 Å². The number of hydrogen-bond acceptors (Lipinski definition) is 4. The number of rotatable bonds is 5. The Morgan fingerprint density at radius 1 is 0.936 bits per heavy atom. The standard InChI is InChI=1S/C39H28Cl2N4O2/c1-21-30(22-9-5-3-6-10-22)37(44-47-21)43-38(46)34-32-31-28(17-27(41)18-29(31)42-34)35(24-13-15-26(40)16-14-24)45-20-25-19-39(25,2)33(36(32)45)23-11-7-4-8-12-23/h3-18,20,35,42H,19H2,1-2H3,(H,43,44,46). The summed E-state index contributed by atoms with van der Waals surface area (Å²) in [6.45, 7) is 4.15. The second-order valence-corrected chi connectivity index (χ2v) is 13.6. The van der Waals surface area contributed by atoms with Crippen LogP contribution in [0.1, 0.15) is 57.9 Å². The Bertz CT molecular complexity index is 2320. The Labute approximate surface area is 281 Å². The minimum Gasteiger partial charge on any atom is -0.359 e. The number of benzene rings is 4. The first-order valence-electron chi connectivity index (χ1n) is 15.6. The smallest absolute Gasteiger partial charge is 0.274 e. The molecule has 4 aromatic carbocycles. The van der Waals surface area contributed by atoms with Crippen LogP contribution in [0.25, 0.3) is 33.3 Å². The predicted octanol–water partition coefficient (Wildman–Crippen LogP) is 10.3. The van der Waals surface area contributed by atoms with Crippen LogP contribution >= 0.6 is 23.2 Å². The first kappa shape index (κ1) is 28.2. The highest BCUT2D eigenvalue weighted by Gasteiger charge is 2.55. The summed E-state index contributed by atoms with van der Waals surface area (Å²) in [5, 5.41) is 9.58. The molecule has 1 saturated carbocycles. The van der Waals surface area contributed by atoms with Crippen LogP contribution in [-0.2, 0) is 0 Å². The molecule has 6 nitrogen and oxygen atoms in total. The topological polar surface area (TPSA) is 74.2 Å². The van der Waals surface area contributed by atoms with E-state index in [4.69, 9.17) is 27.7 Å². The molecule has 1 fully saturated rings. The van der Waals surface area contributed by atoms with Crippen molar-refractivity contribution in [2.45, 2.75) is 26.3 Å². The lowest BCUT2D eigenvalue weighted by molar-refractivity contribution is 0.102. The molecule has 0 bridgehead atoms. The van der Waals surface area contributed by atoms with Gasteiger partial charge in [-0.05, 0) is 71.0 Å². The largest absolute Gasteiger partial charge is 0.359 e. The number of allylic oxidation sites excluding steroid dienone is 2. The van der Waals surface area contributed by atoms with E-state index in [0.717, 1.165) is 56.4 Å². The van der Waals surface area contributed by atoms with E-state index in [-0.39, 0.29) is 17.4 Å². The number of aromatic amines is 1. The van der Waals surface area contributed by atoms with E-state index < -0.39 is 0 Å². The first-order valence-corrected chi connectivity index (χ1v) is 16.3. The van der Waals surface area contributed by atoms with E-state index >= 15 is 0 Å². The molecule has 47 heavy (non-hydrogen) atoms. The number of carbonyl (C=O) groups excluding carboxylic acids is 1. The zero-order valence-electron chi connectivity index (χ0n) is 25.6. The molecule has 3 aliphatic rings. The van der Waals surface area contributed by atoms with Crippen molar-refractivity contribution in [2.75, 3.05) is 5.32 Å². The number of nitrogens with zero attached hydrogens (tertiary/aromatic N) is 2. The van der Waals surface area contributed by atoms with Crippen LogP contribution < -0.4 is 5.32 Å². The summed E-state index contributed by atoms with van der Waals surface area (Å²) in [4.78, 5) is 20.4. The van der Waals surface area contributed by atoms with Crippen molar-refractivity contribution in [1.82, 2.24) is 15.0 Å². The van der Waals surface area contributed by atoms with Gasteiger partial charge in [-0.15, -0.1) is 0 Å². The van der Waals surface area contributed by atoms with E-state index in [1.54, 1.807) is 0 Å². The zero-order valence-corrected chi connectivity index (χ0v) is 27.1. The Kier molecular flexibility index (Phi) is 6.14. The lowest BCUT2D eigenvalue weighted by atomic mass is 9.79. The second-order valence-electron chi connectivity index (χ2n) is 12.7. The number of anilines is 1. The fourth-order valence-electron chi connectivity index (χ4n) is 7.57. The molecule has 230 valence electrons. The van der Waals surface area contributed by atoms with Crippen molar-refractivity contribution >= 4 is 57.1 Å². The fraction of sp³-hybridized carbons (Fsp3) is 0.128. The van der Waals surface area contributed by atoms with E-state index in [1.807, 2.05) is 67.6 Å². The molecule has 2 aliphatic heterocycles. The van der Waals surface area contributed by atoms with Crippen LogP contribution in [0.2, 0.25) is 10.0 Å². The molecule has 1 amide bonds. The van der Waals surface area contributed by atoms with Gasteiger partial charge in [0.1, 0.15) is 11.5 Å². The van der Waals surface area contributed by atoms with Gasteiger partial charge in [0.05, 0.1) is 17.3 Å². The van der Waals surface area contributed by atoms with Gasteiger partial charge >= 0.3 is 0 Å². The molecule has 0 radical (unpaired) electrons. The summed E-state index contributed by atoms with van der Waals surface area (Å²) in [5.74, 6) is 0.673. The molecule has 2 unspecified atom stereocenters. The third kappa shape index (κ3) is 4.25. The van der Waals surface area contributed by atoms with Gasteiger partial charge in [0.2, 0.25) is 0 Å². The number of aryl methyl sites for hydroxylation is 1. The highest BCUT2D eigenvalue weighted by molar-refractivity contribution is 6.32. The highest BCUT2D eigenvalue weighted by Crippen LogP contribution is 2.67. The van der Waals surface area contributed by atoms with Crippen molar-refractivity contribution in [1.29, 1.82) is 0 Å². The number of halogens is 2. The van der Waals surface area contributed by atoms with Gasteiger partial charge in [-0.1, -0.05) is 108 Å². The van der Waals surface area contributed by atoms with Crippen molar-refractivity contribution in [2.24, 2.45) is 5.41 Å². The van der Waals surface area contributed by atoms with Crippen molar-refractivity contribution in [3.05, 3.63) is 153 Å². The van der Waals surface area contributed by atoms with Crippen LogP contribution in [0.3, 0.4) is 0 Å². The maximum Gasteiger partial charge on any atom is 0.274 e. The molecule has 2 N–H and O–H groups in total. The monoisotopic (exact) mass is 654 g/mol. The Morgan fingerprint density at radius 3 is 2.36 bits per heavy atom. The summed E-state index contributed by atoms with van der Waals surface area (Å²) in [7, 11) is 0. The summed E-state index contributed by atoms with van der Waals surface area (Å²) < 4.78 is 5.59. The lowest BCUT2D eigenvalue weighted by Crippen LogP contribution is -2.31. The molecular weight excluding hydrogens is 627 g/mol. The lowest BCUT2D eigenvalue weighted by Gasteiger charge is -2.42. The average Bonchev–Trinajstić information content (AvgIpc) is 3.39. The van der Waals surface area contributed by atoms with Crippen LogP contribution in [0.4, 0.5) is 5.82 Å². The molecule has 0 spiro atoms. The molecule has 2 atom stereocenters. The van der Waals surface area contributed by atoms with Crippen LogP contribution in [0.5, 0.6) is 0 Å². The fourth-order valence-corrected chi connectivity index (χ4v) is 7.92. The third-order valence-electron chi connectivity index (χ3n) is 9.80. The minimum absolute atomic E-state index is 0.150. The van der Waals surface area contributed by atoms with Crippen LogP contribution in [0.15, 0.2) is 113 Å². The minimum atomic E-state index is -0.315. The van der Waals surface area contributed by atoms with Gasteiger partial charge in [-0.3, -0.25) is 4.79 Å². The molecule has 1 aliphatic carbocycles. The molecule has 2 aromatic heterocycles. The number of hydrogen-bond donors (Lipinski definition) is 2. The predicted molar refractivity (Wildman–Crippen MR) is 187 cm³/mol. The molecular formula is C39H28Cl2N4O2. The Morgan fingerprint density at radius 2 is 1.64 bits per heavy atom. The average molecular weight is 656 g/mol. The van der Waals surface area contributed by atoms with Gasteiger partial charge < -0.3 is 19.7 Å². The van der Waals surface area contributed by atoms with E-state index in [2.05, 4.69) is 69.9 Å². The number of fused-ring (bicyclic) bond motifs is 3. The van der Waals surface area contributed by atoms with Crippen molar-refractivity contribution < 1.29 is 9.32 Å². The van der Waals surface area contributed by atoms with Gasteiger partial charge in [0, 0.05) is 38.1 Å². The summed E-state index contributed by atoms with van der Waals surface area (Å²) in [6.07, 6.45) is 3.22. The maximum absolute atomic E-state index is 14.5. The summed E-state index contributed by atoms with van der Waals surface area (Å²) in [5.41, 5.74) is 10.4. The normalized spacial score (nSPS) is 19.4. The Balaban J connectivity index is 1.31. The number of amides is 1. The molecule has 4 heterocycles. The highest BCUT2D eigenvalue weighted by atomic mass is 35.5. The Hall–Kier alpha value is -5.04. The van der Waals surface area contributed by atoms with E-state index in [0.29, 0.717) is 27.3 Å². The number of nitrogens with one attached hydrogen (secondary N) is 2. The molecule has 9 rings (SSSR count). The number of aromatic nitrogens is 2. The van der Waals surface area contributed by atoms with Gasteiger partial charge in [0.15, 0.2) is 5.82 Å². The SMILES string of the molecule is Cc1onc(NC(=O)c2[nH]c3cc(Cl)cc4c3c2C2=C(c3ccccc3)C3(C)CC3=CN2C4c2ccc(Cl)cc2)c1-c1ccccc1. The summed E-state index contributed by atoms with van der Waals surface area (Å²) >= 11 is 13.2. The molecule has 8 heteroatoms. The van der Waals surface area contributed by atoms with Crippen LogP contribution in [-0.4, -0.2) is 20.9 Å².